The van der Waals surface area contributed by atoms with E-state index in [4.69, 9.17) is 14.2 Å². The maximum atomic E-state index is 10.9. The number of ether oxygens (including phenoxy) is 3. The zero-order chi connectivity index (χ0) is 12.8. The van der Waals surface area contributed by atoms with Gasteiger partial charge in [0.15, 0.2) is 0 Å². The molecule has 0 saturated heterocycles. The summed E-state index contributed by atoms with van der Waals surface area (Å²) in [6.45, 7) is 6.80. The average molecular weight is 246 g/mol. The van der Waals surface area contributed by atoms with Crippen LogP contribution in [0.15, 0.2) is 0 Å². The van der Waals surface area contributed by atoms with E-state index in [0.717, 1.165) is 13.0 Å². The smallest absolute Gasteiger partial charge is 0.308 e. The first-order valence-corrected chi connectivity index (χ1v) is 6.62. The van der Waals surface area contributed by atoms with Crippen LogP contribution in [0.1, 0.15) is 46.0 Å². The molecule has 0 aromatic rings. The molecule has 0 rings (SSSR count). The molecule has 0 N–H and O–H groups in total. The minimum Gasteiger partial charge on any atom is -0.466 e. The van der Waals surface area contributed by atoms with E-state index in [1.807, 2.05) is 0 Å². The molecule has 0 bridgehead atoms. The van der Waals surface area contributed by atoms with Gasteiger partial charge in [-0.2, -0.15) is 0 Å². The number of carbonyl (C=O) groups excluding carboxylic acids is 1. The molecule has 0 radical (unpaired) electrons. The average Bonchev–Trinajstić information content (AvgIpc) is 2.32. The fraction of sp³-hybridized carbons (Fsp3) is 0.923. The molecule has 4 heteroatoms. The molecule has 102 valence electrons. The Hall–Kier alpha value is -0.610. The van der Waals surface area contributed by atoms with Crippen LogP contribution in [0, 0.1) is 0 Å². The predicted octanol–water partition coefficient (Wildman–Crippen LogP) is 2.55. The lowest BCUT2D eigenvalue weighted by Crippen LogP contribution is -2.11. The minimum absolute atomic E-state index is 0.201. The maximum Gasteiger partial charge on any atom is 0.308 e. The van der Waals surface area contributed by atoms with Crippen LogP contribution in [0.2, 0.25) is 0 Å². The van der Waals surface area contributed by atoms with Crippen LogP contribution in [0.5, 0.6) is 0 Å². The summed E-state index contributed by atoms with van der Waals surface area (Å²) in [5.41, 5.74) is 0. The summed E-state index contributed by atoms with van der Waals surface area (Å²) in [5.74, 6) is -0.201. The molecule has 0 saturated carbocycles. The minimum atomic E-state index is -0.201. The number of esters is 1. The highest BCUT2D eigenvalue weighted by atomic mass is 16.5. The molecular weight excluding hydrogens is 220 g/mol. The molecule has 0 unspecified atom stereocenters. The zero-order valence-electron chi connectivity index (χ0n) is 11.2. The third-order valence-corrected chi connectivity index (χ3v) is 2.27. The monoisotopic (exact) mass is 246 g/mol. The van der Waals surface area contributed by atoms with Crippen molar-refractivity contribution >= 4 is 5.97 Å². The molecule has 0 heterocycles. The Labute approximate surface area is 105 Å². The van der Waals surface area contributed by atoms with Gasteiger partial charge in [-0.3, -0.25) is 4.79 Å². The van der Waals surface area contributed by atoms with Crippen molar-refractivity contribution < 1.29 is 19.0 Å². The molecule has 0 aliphatic heterocycles. The van der Waals surface area contributed by atoms with Gasteiger partial charge < -0.3 is 14.2 Å². The molecule has 0 aliphatic carbocycles. The topological polar surface area (TPSA) is 44.8 Å². The second-order valence-electron chi connectivity index (χ2n) is 3.84. The molecule has 0 amide bonds. The summed E-state index contributed by atoms with van der Waals surface area (Å²) in [5, 5.41) is 0. The molecule has 0 aromatic heterocycles. The van der Waals surface area contributed by atoms with E-state index in [1.54, 1.807) is 6.92 Å². The fourth-order valence-corrected chi connectivity index (χ4v) is 1.34. The Morgan fingerprint density at radius 2 is 1.59 bits per heavy atom. The molecule has 0 spiro atoms. The number of carbonyl (C=O) groups is 1. The van der Waals surface area contributed by atoms with Crippen LogP contribution < -0.4 is 0 Å². The second-order valence-corrected chi connectivity index (χ2v) is 3.84. The lowest BCUT2D eigenvalue weighted by Gasteiger charge is -2.05. The van der Waals surface area contributed by atoms with Gasteiger partial charge in [-0.15, -0.1) is 0 Å². The lowest BCUT2D eigenvalue weighted by atomic mass is 10.2. The fourth-order valence-electron chi connectivity index (χ4n) is 1.34. The highest BCUT2D eigenvalue weighted by Gasteiger charge is 2.00. The third kappa shape index (κ3) is 13.3. The van der Waals surface area contributed by atoms with Crippen molar-refractivity contribution in [1.29, 1.82) is 0 Å². The highest BCUT2D eigenvalue weighted by molar-refractivity contribution is 5.69. The molecule has 0 atom stereocenters. The molecule has 4 nitrogen and oxygen atoms in total. The van der Waals surface area contributed by atoms with Gasteiger partial charge in [0.1, 0.15) is 0 Å². The summed E-state index contributed by atoms with van der Waals surface area (Å²) >= 11 is 0. The molecule has 0 fully saturated rings. The van der Waals surface area contributed by atoms with E-state index >= 15 is 0 Å². The van der Waals surface area contributed by atoms with E-state index < -0.39 is 0 Å². The Morgan fingerprint density at radius 1 is 0.882 bits per heavy atom. The first kappa shape index (κ1) is 16.4. The normalized spacial score (nSPS) is 10.5. The van der Waals surface area contributed by atoms with Crippen molar-refractivity contribution in [2.45, 2.75) is 46.0 Å². The standard InChI is InChI=1S/C13H26O4/c1-3-5-6-7-9-15-11-12-16-10-8-13(14)17-4-2/h3-12H2,1-2H3. The second kappa shape index (κ2) is 13.5. The van der Waals surface area contributed by atoms with Gasteiger partial charge in [-0.25, -0.2) is 0 Å². The van der Waals surface area contributed by atoms with Crippen LogP contribution in [-0.4, -0.2) is 39.0 Å². The largest absolute Gasteiger partial charge is 0.466 e. The summed E-state index contributed by atoms with van der Waals surface area (Å²) in [7, 11) is 0. The number of unbranched alkanes of at least 4 members (excludes halogenated alkanes) is 3. The van der Waals surface area contributed by atoms with Crippen LogP contribution in [-0.2, 0) is 19.0 Å². The van der Waals surface area contributed by atoms with Gasteiger partial charge in [0.25, 0.3) is 0 Å². The van der Waals surface area contributed by atoms with Gasteiger partial charge in [0, 0.05) is 6.61 Å². The lowest BCUT2D eigenvalue weighted by molar-refractivity contribution is -0.144. The predicted molar refractivity (Wildman–Crippen MR) is 67.0 cm³/mol. The zero-order valence-corrected chi connectivity index (χ0v) is 11.2. The van der Waals surface area contributed by atoms with Gasteiger partial charge in [0.05, 0.1) is 32.8 Å². The van der Waals surface area contributed by atoms with Crippen molar-refractivity contribution in [3.63, 3.8) is 0 Å². The van der Waals surface area contributed by atoms with Crippen molar-refractivity contribution in [2.75, 3.05) is 33.0 Å². The quantitative estimate of drug-likeness (QED) is 0.392. The van der Waals surface area contributed by atoms with E-state index in [1.165, 1.54) is 19.3 Å². The SMILES string of the molecule is CCCCCCOCCOCCC(=O)OCC. The van der Waals surface area contributed by atoms with Gasteiger partial charge in [0.2, 0.25) is 0 Å². The molecule has 0 aromatic carbocycles. The Bertz CT molecular complexity index is 171. The van der Waals surface area contributed by atoms with Crippen LogP contribution in [0.3, 0.4) is 0 Å². The number of hydrogen-bond donors (Lipinski definition) is 0. The van der Waals surface area contributed by atoms with Gasteiger partial charge in [-0.1, -0.05) is 26.2 Å². The van der Waals surface area contributed by atoms with Crippen molar-refractivity contribution in [3.05, 3.63) is 0 Å². The molecular formula is C13H26O4. The van der Waals surface area contributed by atoms with Gasteiger partial charge >= 0.3 is 5.97 Å². The summed E-state index contributed by atoms with van der Waals surface area (Å²) in [6, 6.07) is 0. The number of rotatable bonds is 12. The van der Waals surface area contributed by atoms with E-state index in [-0.39, 0.29) is 5.97 Å². The summed E-state index contributed by atoms with van der Waals surface area (Å²) < 4.78 is 15.4. The van der Waals surface area contributed by atoms with Crippen molar-refractivity contribution in [1.82, 2.24) is 0 Å². The molecule has 17 heavy (non-hydrogen) atoms. The van der Waals surface area contributed by atoms with E-state index in [0.29, 0.717) is 32.8 Å². The van der Waals surface area contributed by atoms with Crippen LogP contribution in [0.25, 0.3) is 0 Å². The molecule has 0 aliphatic rings. The van der Waals surface area contributed by atoms with Crippen molar-refractivity contribution in [2.24, 2.45) is 0 Å². The summed E-state index contributed by atoms with van der Waals surface area (Å²) in [4.78, 5) is 10.9. The summed E-state index contributed by atoms with van der Waals surface area (Å²) in [6.07, 6.45) is 5.21. The number of hydrogen-bond acceptors (Lipinski definition) is 4. The first-order chi connectivity index (χ1) is 8.31. The van der Waals surface area contributed by atoms with E-state index in [9.17, 15) is 4.79 Å². The Morgan fingerprint density at radius 3 is 2.24 bits per heavy atom. The van der Waals surface area contributed by atoms with Crippen LogP contribution in [0.4, 0.5) is 0 Å². The van der Waals surface area contributed by atoms with E-state index in [2.05, 4.69) is 6.92 Å². The highest BCUT2D eigenvalue weighted by Crippen LogP contribution is 1.98. The van der Waals surface area contributed by atoms with Crippen molar-refractivity contribution in [3.8, 4) is 0 Å². The maximum absolute atomic E-state index is 10.9. The Kier molecular flexibility index (Phi) is 13.0. The Balaban J connectivity index is 3.01. The first-order valence-electron chi connectivity index (χ1n) is 6.62. The van der Waals surface area contributed by atoms with Gasteiger partial charge in [-0.05, 0) is 13.3 Å². The third-order valence-electron chi connectivity index (χ3n) is 2.27. The van der Waals surface area contributed by atoms with Crippen LogP contribution >= 0.6 is 0 Å².